The molecule has 5 heteroatoms. The normalized spacial score (nSPS) is 15.4. The third-order valence-electron chi connectivity index (χ3n) is 6.23. The topological polar surface area (TPSA) is 50.5 Å². The molecule has 0 bridgehead atoms. The Labute approximate surface area is 190 Å². The quantitative estimate of drug-likeness (QED) is 0.356. The fraction of sp³-hybridized carbons (Fsp3) is 0.185. The minimum atomic E-state index is -0.545. The largest absolute Gasteiger partial charge is 0.450 e. The maximum Gasteiger partial charge on any atom is 0.295 e. The Bertz CT molecular complexity index is 1440. The van der Waals surface area contributed by atoms with E-state index < -0.39 is 6.04 Å². The van der Waals surface area contributed by atoms with Crippen molar-refractivity contribution in [3.63, 3.8) is 0 Å². The highest BCUT2D eigenvalue weighted by Crippen LogP contribution is 2.42. The molecule has 0 radical (unpaired) electrons. The second-order valence-electron chi connectivity index (χ2n) is 8.29. The molecule has 0 saturated carbocycles. The number of nitrogens with zero attached hydrogens (tertiary/aromatic N) is 1. The fourth-order valence-electron chi connectivity index (χ4n) is 4.33. The van der Waals surface area contributed by atoms with E-state index in [1.165, 1.54) is 0 Å². The van der Waals surface area contributed by atoms with E-state index in [4.69, 9.17) is 4.42 Å². The predicted octanol–water partition coefficient (Wildman–Crippen LogP) is 6.19. The number of thioether (sulfide) groups is 1. The molecule has 1 atom stereocenters. The number of benzene rings is 3. The smallest absolute Gasteiger partial charge is 0.295 e. The van der Waals surface area contributed by atoms with Gasteiger partial charge in [-0.15, -0.1) is 11.8 Å². The Morgan fingerprint density at radius 1 is 0.875 bits per heavy atom. The van der Waals surface area contributed by atoms with Crippen LogP contribution < -0.4 is 10.3 Å². The summed E-state index contributed by atoms with van der Waals surface area (Å²) in [7, 11) is 0. The summed E-state index contributed by atoms with van der Waals surface area (Å²) in [4.78, 5) is 30.2. The maximum absolute atomic E-state index is 13.7. The minimum Gasteiger partial charge on any atom is -0.450 e. The monoisotopic (exact) mass is 441 g/mol. The molecule has 1 amide bonds. The van der Waals surface area contributed by atoms with Gasteiger partial charge in [-0.05, 0) is 80.1 Å². The number of carbonyl (C=O) groups is 1. The zero-order valence-electron chi connectivity index (χ0n) is 18.4. The molecule has 1 aliphatic heterocycles. The standard InChI is InChI=1S/C27H23NO3S/c1-15-5-12-22-21(13-15)25(29)23-24(18-7-10-20(32-4)11-8-18)28(27(30)26(23)31-22)19-9-6-16(2)17(3)14-19/h5-14,24H,1-4H3. The van der Waals surface area contributed by atoms with E-state index in [2.05, 4.69) is 0 Å². The second kappa shape index (κ2) is 7.68. The molecule has 2 heterocycles. The van der Waals surface area contributed by atoms with Gasteiger partial charge in [0, 0.05) is 10.6 Å². The Morgan fingerprint density at radius 3 is 2.31 bits per heavy atom. The highest BCUT2D eigenvalue weighted by Gasteiger charge is 2.43. The van der Waals surface area contributed by atoms with E-state index >= 15 is 0 Å². The molecule has 1 aromatic heterocycles. The number of amides is 1. The molecule has 0 fully saturated rings. The minimum absolute atomic E-state index is 0.128. The van der Waals surface area contributed by atoms with Crippen LogP contribution in [0.5, 0.6) is 0 Å². The summed E-state index contributed by atoms with van der Waals surface area (Å²) >= 11 is 1.65. The van der Waals surface area contributed by atoms with E-state index in [0.29, 0.717) is 16.5 Å². The molecule has 160 valence electrons. The molecule has 1 unspecified atom stereocenters. The van der Waals surface area contributed by atoms with E-state index in [9.17, 15) is 9.59 Å². The SMILES string of the molecule is CSc1ccc(C2c3c(oc4ccc(C)cc4c3=O)C(=O)N2c2ccc(C)c(C)c2)cc1. The van der Waals surface area contributed by atoms with Gasteiger partial charge in [0.15, 0.2) is 5.43 Å². The molecule has 4 nitrogen and oxygen atoms in total. The first kappa shape index (κ1) is 20.6. The fourth-order valence-corrected chi connectivity index (χ4v) is 4.74. The first-order chi connectivity index (χ1) is 15.4. The number of rotatable bonds is 3. The van der Waals surface area contributed by atoms with Crippen LogP contribution in [-0.4, -0.2) is 12.2 Å². The highest BCUT2D eigenvalue weighted by molar-refractivity contribution is 7.98. The second-order valence-corrected chi connectivity index (χ2v) is 9.17. The summed E-state index contributed by atoms with van der Waals surface area (Å²) in [5.41, 5.74) is 5.53. The van der Waals surface area contributed by atoms with Crippen molar-refractivity contribution < 1.29 is 9.21 Å². The van der Waals surface area contributed by atoms with Crippen molar-refractivity contribution in [3.05, 3.63) is 104 Å². The van der Waals surface area contributed by atoms with Gasteiger partial charge >= 0.3 is 0 Å². The van der Waals surface area contributed by atoms with Gasteiger partial charge in [0.1, 0.15) is 5.58 Å². The average Bonchev–Trinajstić information content (AvgIpc) is 3.09. The zero-order chi connectivity index (χ0) is 22.6. The predicted molar refractivity (Wildman–Crippen MR) is 130 cm³/mol. The number of anilines is 1. The van der Waals surface area contributed by atoms with Gasteiger partial charge in [0.2, 0.25) is 5.76 Å². The highest BCUT2D eigenvalue weighted by atomic mass is 32.2. The molecule has 4 aromatic rings. The van der Waals surface area contributed by atoms with Gasteiger partial charge in [-0.25, -0.2) is 0 Å². The van der Waals surface area contributed by atoms with Crippen LogP contribution in [0.1, 0.15) is 44.4 Å². The van der Waals surface area contributed by atoms with Crippen molar-refractivity contribution >= 4 is 34.3 Å². The molecule has 0 N–H and O–H groups in total. The van der Waals surface area contributed by atoms with Gasteiger partial charge in [-0.1, -0.05) is 29.8 Å². The summed E-state index contributed by atoms with van der Waals surface area (Å²) in [6.45, 7) is 6.00. The summed E-state index contributed by atoms with van der Waals surface area (Å²) in [6.07, 6.45) is 2.02. The van der Waals surface area contributed by atoms with E-state index in [1.54, 1.807) is 22.7 Å². The van der Waals surface area contributed by atoms with Crippen molar-refractivity contribution in [2.45, 2.75) is 31.7 Å². The van der Waals surface area contributed by atoms with Crippen molar-refractivity contribution in [1.29, 1.82) is 0 Å². The molecular formula is C27H23NO3S. The number of carbonyl (C=O) groups excluding carboxylic acids is 1. The molecule has 3 aromatic carbocycles. The summed E-state index contributed by atoms with van der Waals surface area (Å²) < 4.78 is 6.06. The third-order valence-corrected chi connectivity index (χ3v) is 6.97. The number of fused-ring (bicyclic) bond motifs is 2. The molecule has 0 aliphatic carbocycles. The lowest BCUT2D eigenvalue weighted by Crippen LogP contribution is -2.29. The number of hydrogen-bond acceptors (Lipinski definition) is 4. The van der Waals surface area contributed by atoms with Crippen LogP contribution in [0.3, 0.4) is 0 Å². The Balaban J connectivity index is 1.80. The molecule has 0 saturated heterocycles. The van der Waals surface area contributed by atoms with Crippen LogP contribution in [-0.2, 0) is 0 Å². The lowest BCUT2D eigenvalue weighted by Gasteiger charge is -2.26. The molecule has 5 rings (SSSR count). The van der Waals surface area contributed by atoms with Gasteiger partial charge in [-0.2, -0.15) is 0 Å². The Kier molecular flexibility index (Phi) is 4.94. The summed E-state index contributed by atoms with van der Waals surface area (Å²) in [6, 6.07) is 18.9. The van der Waals surface area contributed by atoms with Crippen molar-refractivity contribution in [2.75, 3.05) is 11.2 Å². The summed E-state index contributed by atoms with van der Waals surface area (Å²) in [5.74, 6) is -0.162. The van der Waals surface area contributed by atoms with Crippen LogP contribution in [0, 0.1) is 20.8 Å². The van der Waals surface area contributed by atoms with Crippen LogP contribution in [0.25, 0.3) is 11.0 Å². The van der Waals surface area contributed by atoms with Crippen molar-refractivity contribution in [3.8, 4) is 0 Å². The molecule has 32 heavy (non-hydrogen) atoms. The number of aryl methyl sites for hydroxylation is 3. The van der Waals surface area contributed by atoms with Gasteiger partial charge in [0.05, 0.1) is 17.0 Å². The van der Waals surface area contributed by atoms with E-state index in [-0.39, 0.29) is 17.1 Å². The van der Waals surface area contributed by atoms with Crippen LogP contribution >= 0.6 is 11.8 Å². The van der Waals surface area contributed by atoms with Crippen LogP contribution in [0.4, 0.5) is 5.69 Å². The lowest BCUT2D eigenvalue weighted by molar-refractivity contribution is 0.0971. The van der Waals surface area contributed by atoms with Crippen molar-refractivity contribution in [1.82, 2.24) is 0 Å². The van der Waals surface area contributed by atoms with Crippen molar-refractivity contribution in [2.24, 2.45) is 0 Å². The lowest BCUT2D eigenvalue weighted by atomic mass is 9.97. The molecule has 1 aliphatic rings. The first-order valence-electron chi connectivity index (χ1n) is 10.5. The van der Waals surface area contributed by atoms with Gasteiger partial charge in [0.25, 0.3) is 5.91 Å². The van der Waals surface area contributed by atoms with Gasteiger partial charge in [-0.3, -0.25) is 14.5 Å². The van der Waals surface area contributed by atoms with Gasteiger partial charge < -0.3 is 4.42 Å². The summed E-state index contributed by atoms with van der Waals surface area (Å²) in [5, 5.41) is 0.504. The first-order valence-corrected chi connectivity index (χ1v) is 11.7. The van der Waals surface area contributed by atoms with E-state index in [0.717, 1.165) is 32.8 Å². The Morgan fingerprint density at radius 2 is 1.62 bits per heavy atom. The van der Waals surface area contributed by atoms with Crippen LogP contribution in [0.2, 0.25) is 0 Å². The van der Waals surface area contributed by atoms with E-state index in [1.807, 2.05) is 81.6 Å². The maximum atomic E-state index is 13.7. The van der Waals surface area contributed by atoms with Crippen LogP contribution in [0.15, 0.2) is 74.8 Å². The molecule has 0 spiro atoms. The Hall–Kier alpha value is -3.31. The third kappa shape index (κ3) is 3.16. The number of hydrogen-bond donors (Lipinski definition) is 0. The molecular weight excluding hydrogens is 418 g/mol. The average molecular weight is 442 g/mol. The zero-order valence-corrected chi connectivity index (χ0v) is 19.2.